The molecule has 0 spiro atoms. The largest absolute Gasteiger partial charge is 0.496 e. The molecule has 1 N–H and O–H groups in total. The van der Waals surface area contributed by atoms with Crippen molar-refractivity contribution in [2.24, 2.45) is 0 Å². The Hall–Kier alpha value is -2.30. The van der Waals surface area contributed by atoms with Gasteiger partial charge in [-0.3, -0.25) is 15.0 Å². The van der Waals surface area contributed by atoms with Crippen molar-refractivity contribution in [3.8, 4) is 5.75 Å². The molecule has 24 heavy (non-hydrogen) atoms. The molecule has 0 heterocycles. The fraction of sp³-hybridized carbons (Fsp3) is 0.474. The molecule has 130 valence electrons. The Morgan fingerprint density at radius 3 is 2.46 bits per heavy atom. The molecule has 1 aromatic carbocycles. The zero-order valence-electron chi connectivity index (χ0n) is 14.9. The zero-order chi connectivity index (χ0) is 17.7. The highest BCUT2D eigenvalue weighted by molar-refractivity contribution is 6.00. The highest BCUT2D eigenvalue weighted by Crippen LogP contribution is 2.23. The number of allylic oxidation sites excluding steroid dienone is 1. The van der Waals surface area contributed by atoms with Gasteiger partial charge in [-0.05, 0) is 58.6 Å². The molecule has 0 saturated carbocycles. The Morgan fingerprint density at radius 1 is 1.17 bits per heavy atom. The Bertz CT molecular complexity index is 644. The summed E-state index contributed by atoms with van der Waals surface area (Å²) < 4.78 is 5.23. The molecule has 0 unspecified atom stereocenters. The lowest BCUT2D eigenvalue weighted by Gasteiger charge is -2.36. The van der Waals surface area contributed by atoms with Gasteiger partial charge >= 0.3 is 0 Å². The van der Waals surface area contributed by atoms with Gasteiger partial charge in [0, 0.05) is 5.57 Å². The summed E-state index contributed by atoms with van der Waals surface area (Å²) in [5.41, 5.74) is 3.41. The molecule has 1 aliphatic carbocycles. The van der Waals surface area contributed by atoms with Gasteiger partial charge in [-0.25, -0.2) is 5.01 Å². The highest BCUT2D eigenvalue weighted by atomic mass is 16.5. The Kier molecular flexibility index (Phi) is 5.65. The molecule has 0 radical (unpaired) electrons. The van der Waals surface area contributed by atoms with Gasteiger partial charge in [0.1, 0.15) is 5.75 Å². The van der Waals surface area contributed by atoms with Crippen LogP contribution in [-0.4, -0.2) is 29.5 Å². The predicted octanol–water partition coefficient (Wildman–Crippen LogP) is 3.47. The number of methoxy groups -OCH3 is 1. The van der Waals surface area contributed by atoms with E-state index in [1.165, 1.54) is 12.1 Å². The monoisotopic (exact) mass is 330 g/mol. The van der Waals surface area contributed by atoms with Crippen molar-refractivity contribution in [3.05, 3.63) is 41.5 Å². The number of hydrogen-bond donors (Lipinski definition) is 1. The Labute approximate surface area is 143 Å². The lowest BCUT2D eigenvalue weighted by molar-refractivity contribution is -0.135. The van der Waals surface area contributed by atoms with Gasteiger partial charge in [-0.15, -0.1) is 0 Å². The van der Waals surface area contributed by atoms with E-state index >= 15 is 0 Å². The number of para-hydroxylation sites is 1. The van der Waals surface area contributed by atoms with Crippen LogP contribution in [0.5, 0.6) is 5.75 Å². The van der Waals surface area contributed by atoms with Crippen LogP contribution in [0.3, 0.4) is 0 Å². The van der Waals surface area contributed by atoms with Gasteiger partial charge in [-0.2, -0.15) is 0 Å². The van der Waals surface area contributed by atoms with Crippen LogP contribution in [0.2, 0.25) is 0 Å². The molecule has 0 aliphatic heterocycles. The van der Waals surface area contributed by atoms with Crippen LogP contribution in [0.25, 0.3) is 0 Å². The fourth-order valence-corrected chi connectivity index (χ4v) is 2.69. The minimum absolute atomic E-state index is 0.134. The van der Waals surface area contributed by atoms with E-state index in [4.69, 9.17) is 4.74 Å². The third kappa shape index (κ3) is 4.16. The van der Waals surface area contributed by atoms with E-state index < -0.39 is 5.54 Å². The normalized spacial score (nSPS) is 14.6. The van der Waals surface area contributed by atoms with Crippen LogP contribution in [0, 0.1) is 0 Å². The fourth-order valence-electron chi connectivity index (χ4n) is 2.69. The number of nitrogens with one attached hydrogen (secondary N) is 1. The number of nitrogens with zero attached hydrogens (tertiary/aromatic N) is 1. The number of amides is 2. The minimum Gasteiger partial charge on any atom is -0.496 e. The van der Waals surface area contributed by atoms with Crippen molar-refractivity contribution in [3.63, 3.8) is 0 Å². The first kappa shape index (κ1) is 18.0. The van der Waals surface area contributed by atoms with E-state index in [-0.39, 0.29) is 11.8 Å². The Morgan fingerprint density at radius 2 is 1.88 bits per heavy atom. The summed E-state index contributed by atoms with van der Waals surface area (Å²) >= 11 is 0. The number of carbonyl (C=O) groups excluding carboxylic acids is 2. The van der Waals surface area contributed by atoms with E-state index in [0.717, 1.165) is 31.3 Å². The lowest BCUT2D eigenvalue weighted by atomic mass is 9.97. The van der Waals surface area contributed by atoms with E-state index in [0.29, 0.717) is 11.3 Å². The SMILES string of the molecule is COc1ccccc1C(=O)NN(C(=O)C1=CCCCC1)C(C)(C)C. The molecular formula is C19H26N2O3. The van der Waals surface area contributed by atoms with Crippen LogP contribution >= 0.6 is 0 Å². The predicted molar refractivity (Wildman–Crippen MR) is 93.6 cm³/mol. The zero-order valence-corrected chi connectivity index (χ0v) is 14.9. The van der Waals surface area contributed by atoms with Gasteiger partial charge in [0.25, 0.3) is 11.8 Å². The van der Waals surface area contributed by atoms with Crippen LogP contribution < -0.4 is 10.2 Å². The second-order valence-corrected chi connectivity index (χ2v) is 6.93. The molecule has 5 nitrogen and oxygen atoms in total. The summed E-state index contributed by atoms with van der Waals surface area (Å²) in [6.45, 7) is 5.70. The molecule has 2 rings (SSSR count). The first-order valence-corrected chi connectivity index (χ1v) is 8.32. The average Bonchev–Trinajstić information content (AvgIpc) is 2.58. The molecule has 2 amide bonds. The van der Waals surface area contributed by atoms with Crippen LogP contribution in [0.1, 0.15) is 56.8 Å². The van der Waals surface area contributed by atoms with Crippen molar-refractivity contribution in [1.82, 2.24) is 10.4 Å². The standard InChI is InChI=1S/C19H26N2O3/c1-19(2,3)21(18(23)14-10-6-5-7-11-14)20-17(22)15-12-8-9-13-16(15)24-4/h8-10,12-13H,5-7,11H2,1-4H3,(H,20,22). The van der Waals surface area contributed by atoms with Crippen molar-refractivity contribution in [1.29, 1.82) is 0 Å². The van der Waals surface area contributed by atoms with Gasteiger partial charge in [0.15, 0.2) is 0 Å². The molecule has 0 aromatic heterocycles. The third-order valence-corrected chi connectivity index (χ3v) is 4.00. The van der Waals surface area contributed by atoms with Crippen LogP contribution in [0.15, 0.2) is 35.9 Å². The van der Waals surface area contributed by atoms with Gasteiger partial charge < -0.3 is 4.74 Å². The number of rotatable bonds is 3. The van der Waals surface area contributed by atoms with Gasteiger partial charge in [0.2, 0.25) is 0 Å². The summed E-state index contributed by atoms with van der Waals surface area (Å²) in [6, 6.07) is 6.97. The summed E-state index contributed by atoms with van der Waals surface area (Å²) in [4.78, 5) is 25.5. The van der Waals surface area contributed by atoms with Gasteiger partial charge in [0.05, 0.1) is 18.2 Å². The van der Waals surface area contributed by atoms with E-state index in [9.17, 15) is 9.59 Å². The molecular weight excluding hydrogens is 304 g/mol. The Balaban J connectivity index is 2.24. The number of hydrazine groups is 1. The van der Waals surface area contributed by atoms with Crippen molar-refractivity contribution in [2.75, 3.05) is 7.11 Å². The summed E-state index contributed by atoms with van der Waals surface area (Å²) in [5, 5.41) is 1.43. The van der Waals surface area contributed by atoms with Gasteiger partial charge in [-0.1, -0.05) is 18.2 Å². The summed E-state index contributed by atoms with van der Waals surface area (Å²) in [6.07, 6.45) is 5.78. The summed E-state index contributed by atoms with van der Waals surface area (Å²) in [7, 11) is 1.52. The molecule has 1 aliphatic rings. The smallest absolute Gasteiger partial charge is 0.273 e. The van der Waals surface area contributed by atoms with Crippen LogP contribution in [-0.2, 0) is 4.79 Å². The van der Waals surface area contributed by atoms with E-state index in [1.54, 1.807) is 24.3 Å². The third-order valence-electron chi connectivity index (χ3n) is 4.00. The summed E-state index contributed by atoms with van der Waals surface area (Å²) in [5.74, 6) is -0.00854. The highest BCUT2D eigenvalue weighted by Gasteiger charge is 2.31. The van der Waals surface area contributed by atoms with Crippen molar-refractivity contribution in [2.45, 2.75) is 52.0 Å². The molecule has 5 heteroatoms. The van der Waals surface area contributed by atoms with E-state index in [2.05, 4.69) is 5.43 Å². The maximum Gasteiger partial charge on any atom is 0.273 e. The number of ether oxygens (including phenoxy) is 1. The maximum atomic E-state index is 12.9. The average molecular weight is 330 g/mol. The minimum atomic E-state index is -0.535. The number of carbonyl (C=O) groups is 2. The van der Waals surface area contributed by atoms with Crippen molar-refractivity contribution >= 4 is 11.8 Å². The van der Waals surface area contributed by atoms with E-state index in [1.807, 2.05) is 26.8 Å². The quantitative estimate of drug-likeness (QED) is 0.863. The first-order chi connectivity index (χ1) is 11.3. The molecule has 0 fully saturated rings. The molecule has 0 atom stereocenters. The maximum absolute atomic E-state index is 12.9. The second-order valence-electron chi connectivity index (χ2n) is 6.93. The second kappa shape index (κ2) is 7.51. The number of benzene rings is 1. The molecule has 0 saturated heterocycles. The molecule has 1 aromatic rings. The first-order valence-electron chi connectivity index (χ1n) is 8.32. The van der Waals surface area contributed by atoms with Crippen molar-refractivity contribution < 1.29 is 14.3 Å². The molecule has 0 bridgehead atoms. The van der Waals surface area contributed by atoms with Crippen LogP contribution in [0.4, 0.5) is 0 Å². The lowest BCUT2D eigenvalue weighted by Crippen LogP contribution is -2.56. The number of hydrogen-bond acceptors (Lipinski definition) is 3. The topological polar surface area (TPSA) is 58.6 Å².